The number of amides is 3. The van der Waals surface area contributed by atoms with Crippen LogP contribution in [-0.4, -0.2) is 86.2 Å². The minimum absolute atomic E-state index is 0.295. The highest BCUT2D eigenvalue weighted by Crippen LogP contribution is 2.08. The van der Waals surface area contributed by atoms with Crippen LogP contribution in [0, 0.1) is 5.92 Å². The second-order valence-corrected chi connectivity index (χ2v) is 7.90. The number of nitrogens with one attached hydrogen (secondary N) is 3. The summed E-state index contributed by atoms with van der Waals surface area (Å²) in [6.45, 7) is 3.44. The second-order valence-electron chi connectivity index (χ2n) is 7.90. The van der Waals surface area contributed by atoms with Crippen LogP contribution in [0.3, 0.4) is 0 Å². The first-order valence-corrected chi connectivity index (χ1v) is 10.7. The molecule has 0 radical (unpaired) electrons. The van der Waals surface area contributed by atoms with Crippen molar-refractivity contribution >= 4 is 41.6 Å². The van der Waals surface area contributed by atoms with Gasteiger partial charge in [-0.2, -0.15) is 0 Å². The third-order valence-corrected chi connectivity index (χ3v) is 5.11. The van der Waals surface area contributed by atoms with Crippen LogP contribution >= 0.6 is 0 Å². The van der Waals surface area contributed by atoms with Gasteiger partial charge in [0.25, 0.3) is 0 Å². The first-order valence-electron chi connectivity index (χ1n) is 10.7. The van der Waals surface area contributed by atoms with Crippen LogP contribution in [0.15, 0.2) is 0 Å². The van der Waals surface area contributed by atoms with E-state index in [1.165, 1.54) is 0 Å². The predicted molar refractivity (Wildman–Crippen MR) is 117 cm³/mol. The van der Waals surface area contributed by atoms with E-state index in [-0.39, 0.29) is 5.92 Å². The lowest BCUT2D eigenvalue weighted by atomic mass is 9.99. The number of rotatable bonds is 17. The molecule has 0 aliphatic rings. The van der Waals surface area contributed by atoms with E-state index in [4.69, 9.17) is 21.1 Å². The first-order chi connectivity index (χ1) is 16.2. The van der Waals surface area contributed by atoms with Crippen molar-refractivity contribution in [2.75, 3.05) is 0 Å². The normalized spacial score (nSPS) is 14.9. The summed E-state index contributed by atoms with van der Waals surface area (Å²) >= 11 is 0. The standard InChI is InChI=1S/C20H32N4O11/c1-3-9(2)16(21)19(33)24-12(8-15(29)30)18(32)22-10(4-6-13(25)26)17(31)23-11(20(34)35)5-7-14(27)28/h9-12,16H,3-8,21H2,1-2H3,(H,22,32)(H,23,31)(H,24,33)(H,25,26)(H,27,28)(H,29,30)(H,34,35). The van der Waals surface area contributed by atoms with Crippen LogP contribution < -0.4 is 21.7 Å². The third-order valence-electron chi connectivity index (χ3n) is 5.11. The zero-order valence-corrected chi connectivity index (χ0v) is 19.4. The van der Waals surface area contributed by atoms with Gasteiger partial charge in [0.15, 0.2) is 0 Å². The fourth-order valence-electron chi connectivity index (χ4n) is 2.77. The molecule has 0 saturated carbocycles. The monoisotopic (exact) mass is 504 g/mol. The average Bonchev–Trinajstić information content (AvgIpc) is 2.76. The van der Waals surface area contributed by atoms with E-state index in [0.29, 0.717) is 6.42 Å². The zero-order chi connectivity index (χ0) is 27.3. The van der Waals surface area contributed by atoms with Gasteiger partial charge in [0, 0.05) is 12.8 Å². The molecule has 35 heavy (non-hydrogen) atoms. The third kappa shape index (κ3) is 12.3. The fraction of sp³-hybridized carbons (Fsp3) is 0.650. The van der Waals surface area contributed by atoms with Crippen LogP contribution in [0.25, 0.3) is 0 Å². The van der Waals surface area contributed by atoms with E-state index in [1.807, 2.05) is 5.32 Å². The Bertz CT molecular complexity index is 817. The molecular formula is C20H32N4O11. The van der Waals surface area contributed by atoms with Crippen LogP contribution in [0.1, 0.15) is 52.4 Å². The highest BCUT2D eigenvalue weighted by molar-refractivity contribution is 5.95. The lowest BCUT2D eigenvalue weighted by Gasteiger charge is -2.25. The molecule has 198 valence electrons. The van der Waals surface area contributed by atoms with Gasteiger partial charge in [0.05, 0.1) is 12.5 Å². The topological polar surface area (TPSA) is 263 Å². The van der Waals surface area contributed by atoms with Gasteiger partial charge in [-0.25, -0.2) is 4.79 Å². The van der Waals surface area contributed by atoms with E-state index in [9.17, 15) is 38.7 Å². The van der Waals surface area contributed by atoms with E-state index in [2.05, 4.69) is 10.6 Å². The van der Waals surface area contributed by atoms with Gasteiger partial charge < -0.3 is 42.1 Å². The van der Waals surface area contributed by atoms with Gasteiger partial charge >= 0.3 is 23.9 Å². The molecule has 15 nitrogen and oxygen atoms in total. The van der Waals surface area contributed by atoms with E-state index in [1.54, 1.807) is 13.8 Å². The minimum atomic E-state index is -1.67. The Hall–Kier alpha value is -3.75. The maximum atomic E-state index is 12.7. The molecule has 9 N–H and O–H groups in total. The largest absolute Gasteiger partial charge is 0.481 e. The highest BCUT2D eigenvalue weighted by Gasteiger charge is 2.32. The molecule has 0 fully saturated rings. The Morgan fingerprint density at radius 2 is 1.11 bits per heavy atom. The minimum Gasteiger partial charge on any atom is -0.481 e. The van der Waals surface area contributed by atoms with Crippen molar-refractivity contribution in [3.63, 3.8) is 0 Å². The van der Waals surface area contributed by atoms with Crippen LogP contribution in [0.5, 0.6) is 0 Å². The number of carboxylic acid groups (broad SMARTS) is 4. The molecule has 0 aromatic rings. The summed E-state index contributed by atoms with van der Waals surface area (Å²) in [6, 6.07) is -5.99. The first kappa shape index (κ1) is 31.2. The van der Waals surface area contributed by atoms with Gasteiger partial charge in [-0.3, -0.25) is 28.8 Å². The van der Waals surface area contributed by atoms with Crippen molar-refractivity contribution in [2.24, 2.45) is 11.7 Å². The smallest absolute Gasteiger partial charge is 0.326 e. The van der Waals surface area contributed by atoms with Crippen molar-refractivity contribution in [3.05, 3.63) is 0 Å². The van der Waals surface area contributed by atoms with Gasteiger partial charge in [0.2, 0.25) is 17.7 Å². The van der Waals surface area contributed by atoms with Crippen molar-refractivity contribution < 1.29 is 54.0 Å². The van der Waals surface area contributed by atoms with Crippen molar-refractivity contribution in [3.8, 4) is 0 Å². The summed E-state index contributed by atoms with van der Waals surface area (Å²) in [5.74, 6) is -9.05. The summed E-state index contributed by atoms with van der Waals surface area (Å²) in [5.41, 5.74) is 5.80. The number of carboxylic acids is 4. The summed E-state index contributed by atoms with van der Waals surface area (Å²) in [5, 5.41) is 42.3. The highest BCUT2D eigenvalue weighted by atomic mass is 16.4. The zero-order valence-electron chi connectivity index (χ0n) is 19.4. The summed E-state index contributed by atoms with van der Waals surface area (Å²) in [7, 11) is 0. The average molecular weight is 504 g/mol. The molecule has 0 aliphatic carbocycles. The maximum Gasteiger partial charge on any atom is 0.326 e. The van der Waals surface area contributed by atoms with Crippen molar-refractivity contribution in [1.29, 1.82) is 0 Å². The number of aliphatic carboxylic acids is 4. The molecular weight excluding hydrogens is 472 g/mol. The van der Waals surface area contributed by atoms with E-state index < -0.39 is 97.9 Å². The summed E-state index contributed by atoms with van der Waals surface area (Å²) in [6.07, 6.45) is -2.56. The fourth-order valence-corrected chi connectivity index (χ4v) is 2.77. The van der Waals surface area contributed by atoms with Crippen LogP contribution in [0.4, 0.5) is 0 Å². The molecule has 0 saturated heterocycles. The molecule has 3 amide bonds. The summed E-state index contributed by atoms with van der Waals surface area (Å²) < 4.78 is 0. The number of hydrogen-bond acceptors (Lipinski definition) is 8. The Kier molecular flexibility index (Phi) is 13.6. The van der Waals surface area contributed by atoms with Gasteiger partial charge in [-0.15, -0.1) is 0 Å². The molecule has 0 spiro atoms. The molecule has 0 rings (SSSR count). The van der Waals surface area contributed by atoms with Crippen molar-refractivity contribution in [1.82, 2.24) is 16.0 Å². The van der Waals surface area contributed by atoms with Gasteiger partial charge in [-0.05, 0) is 18.8 Å². The number of nitrogens with two attached hydrogens (primary N) is 1. The van der Waals surface area contributed by atoms with Crippen molar-refractivity contribution in [2.45, 2.75) is 76.5 Å². The Balaban J connectivity index is 5.64. The number of hydrogen-bond donors (Lipinski definition) is 8. The maximum absolute atomic E-state index is 12.7. The Labute approximate surface area is 200 Å². The Morgan fingerprint density at radius 1 is 0.686 bits per heavy atom. The molecule has 0 aliphatic heterocycles. The predicted octanol–water partition coefficient (Wildman–Crippen LogP) is -1.90. The molecule has 0 aromatic heterocycles. The van der Waals surface area contributed by atoms with Crippen LogP contribution in [-0.2, 0) is 33.6 Å². The number of carbonyl (C=O) groups is 7. The summed E-state index contributed by atoms with van der Waals surface area (Å²) in [4.78, 5) is 81.9. The molecule has 0 heterocycles. The van der Waals surface area contributed by atoms with E-state index in [0.717, 1.165) is 0 Å². The molecule has 15 heteroatoms. The van der Waals surface area contributed by atoms with Gasteiger partial charge in [-0.1, -0.05) is 20.3 Å². The van der Waals surface area contributed by atoms with E-state index >= 15 is 0 Å². The second kappa shape index (κ2) is 15.2. The SMILES string of the molecule is CCC(C)C(N)C(=O)NC(CC(=O)O)C(=O)NC(CCC(=O)O)C(=O)NC(CCC(=O)O)C(=O)O. The lowest BCUT2D eigenvalue weighted by Crippen LogP contribution is -2.58. The Morgan fingerprint density at radius 3 is 1.54 bits per heavy atom. The lowest BCUT2D eigenvalue weighted by molar-refractivity contribution is -0.144. The quantitative estimate of drug-likeness (QED) is 0.108. The number of carbonyl (C=O) groups excluding carboxylic acids is 3. The molecule has 0 bridgehead atoms. The molecule has 0 aromatic carbocycles. The molecule has 5 atom stereocenters. The molecule has 5 unspecified atom stereocenters. The van der Waals surface area contributed by atoms with Gasteiger partial charge in [0.1, 0.15) is 18.1 Å². The van der Waals surface area contributed by atoms with Crippen LogP contribution in [0.2, 0.25) is 0 Å².